The Bertz CT molecular complexity index is 374. The largest absolute Gasteiger partial charge is 0.328 e. The first kappa shape index (κ1) is 13.7. The second-order valence-corrected chi connectivity index (χ2v) is 4.61. The summed E-state index contributed by atoms with van der Waals surface area (Å²) in [7, 11) is 1.83. The summed E-state index contributed by atoms with van der Waals surface area (Å²) in [5.41, 5.74) is 7.77. The van der Waals surface area contributed by atoms with Gasteiger partial charge in [-0.1, -0.05) is 18.2 Å². The molecule has 0 aromatic heterocycles. The highest BCUT2D eigenvalue weighted by Gasteiger charge is 2.12. The van der Waals surface area contributed by atoms with Gasteiger partial charge in [-0.25, -0.2) is 0 Å². The fourth-order valence-corrected chi connectivity index (χ4v) is 1.82. The molecule has 3 heteroatoms. The van der Waals surface area contributed by atoms with Gasteiger partial charge in [-0.3, -0.25) is 4.79 Å². The quantitative estimate of drug-likeness (QED) is 0.850. The molecule has 0 spiro atoms. The van der Waals surface area contributed by atoms with Crippen LogP contribution in [0, 0.1) is 6.92 Å². The first-order valence-corrected chi connectivity index (χ1v) is 6.10. The van der Waals surface area contributed by atoms with Gasteiger partial charge in [-0.05, 0) is 38.3 Å². The van der Waals surface area contributed by atoms with Crippen LogP contribution in [0.4, 0.5) is 5.69 Å². The van der Waals surface area contributed by atoms with Gasteiger partial charge in [-0.2, -0.15) is 0 Å². The van der Waals surface area contributed by atoms with Crippen LogP contribution in [-0.4, -0.2) is 19.0 Å². The van der Waals surface area contributed by atoms with Gasteiger partial charge in [0.05, 0.1) is 0 Å². The molecule has 1 atom stereocenters. The van der Waals surface area contributed by atoms with E-state index in [2.05, 4.69) is 0 Å². The van der Waals surface area contributed by atoms with Crippen LogP contribution in [0.25, 0.3) is 0 Å². The highest BCUT2D eigenvalue weighted by Crippen LogP contribution is 2.19. The van der Waals surface area contributed by atoms with E-state index in [4.69, 9.17) is 5.73 Å². The van der Waals surface area contributed by atoms with Crippen molar-refractivity contribution in [2.24, 2.45) is 5.73 Å². The lowest BCUT2D eigenvalue weighted by atomic mass is 10.1. The van der Waals surface area contributed by atoms with E-state index in [-0.39, 0.29) is 11.9 Å². The predicted molar refractivity (Wildman–Crippen MR) is 72.1 cm³/mol. The minimum Gasteiger partial charge on any atom is -0.328 e. The van der Waals surface area contributed by atoms with Crippen LogP contribution < -0.4 is 10.6 Å². The molecule has 0 aliphatic heterocycles. The van der Waals surface area contributed by atoms with Crippen LogP contribution in [-0.2, 0) is 4.79 Å². The standard InChI is InChI=1S/C14H22N2O/c1-11-7-4-5-9-13(11)16(3)14(17)10-6-8-12(2)15/h4-5,7,9,12H,6,8,10,15H2,1-3H3. The third-order valence-corrected chi connectivity index (χ3v) is 2.90. The van der Waals surface area contributed by atoms with Gasteiger partial charge in [0.15, 0.2) is 0 Å². The van der Waals surface area contributed by atoms with E-state index in [0.29, 0.717) is 6.42 Å². The Morgan fingerprint density at radius 2 is 2.06 bits per heavy atom. The lowest BCUT2D eigenvalue weighted by Gasteiger charge is -2.19. The zero-order valence-electron chi connectivity index (χ0n) is 10.9. The SMILES string of the molecule is Cc1ccccc1N(C)C(=O)CCCC(C)N. The summed E-state index contributed by atoms with van der Waals surface area (Å²) in [6.45, 7) is 3.98. The molecule has 0 aliphatic carbocycles. The smallest absolute Gasteiger partial charge is 0.226 e. The fraction of sp³-hybridized carbons (Fsp3) is 0.500. The van der Waals surface area contributed by atoms with Crippen molar-refractivity contribution in [1.82, 2.24) is 0 Å². The predicted octanol–water partition coefficient (Wildman–Crippen LogP) is 2.48. The molecule has 1 amide bonds. The number of amides is 1. The number of aryl methyl sites for hydroxylation is 1. The molecule has 1 rings (SSSR count). The summed E-state index contributed by atoms with van der Waals surface area (Å²) >= 11 is 0. The van der Waals surface area contributed by atoms with Crippen LogP contribution in [0.15, 0.2) is 24.3 Å². The van der Waals surface area contributed by atoms with Crippen molar-refractivity contribution in [3.63, 3.8) is 0 Å². The van der Waals surface area contributed by atoms with Gasteiger partial charge in [0.25, 0.3) is 0 Å². The molecule has 0 fully saturated rings. The van der Waals surface area contributed by atoms with Gasteiger partial charge in [0.2, 0.25) is 5.91 Å². The van der Waals surface area contributed by atoms with E-state index in [1.54, 1.807) is 4.90 Å². The van der Waals surface area contributed by atoms with E-state index < -0.39 is 0 Å². The summed E-state index contributed by atoms with van der Waals surface area (Å²) in [5.74, 6) is 0.153. The Morgan fingerprint density at radius 1 is 1.41 bits per heavy atom. The number of benzene rings is 1. The van der Waals surface area contributed by atoms with E-state index >= 15 is 0 Å². The average Bonchev–Trinajstić information content (AvgIpc) is 2.28. The molecule has 17 heavy (non-hydrogen) atoms. The summed E-state index contributed by atoms with van der Waals surface area (Å²) < 4.78 is 0. The Hall–Kier alpha value is -1.35. The lowest BCUT2D eigenvalue weighted by Crippen LogP contribution is -2.27. The maximum atomic E-state index is 12.0. The molecular formula is C14H22N2O. The molecule has 0 saturated heterocycles. The van der Waals surface area contributed by atoms with Gasteiger partial charge in [-0.15, -0.1) is 0 Å². The molecule has 0 radical (unpaired) electrons. The van der Waals surface area contributed by atoms with Crippen LogP contribution >= 0.6 is 0 Å². The number of nitrogens with two attached hydrogens (primary N) is 1. The zero-order valence-corrected chi connectivity index (χ0v) is 10.9. The number of hydrogen-bond acceptors (Lipinski definition) is 2. The number of carbonyl (C=O) groups excluding carboxylic acids is 1. The van der Waals surface area contributed by atoms with Crippen LogP contribution in [0.1, 0.15) is 31.7 Å². The zero-order chi connectivity index (χ0) is 12.8. The average molecular weight is 234 g/mol. The second kappa shape index (κ2) is 6.40. The normalized spacial score (nSPS) is 12.2. The van der Waals surface area contributed by atoms with Crippen molar-refractivity contribution in [2.45, 2.75) is 39.2 Å². The summed E-state index contributed by atoms with van der Waals surface area (Å²) in [6, 6.07) is 8.09. The Labute approximate surface area is 104 Å². The molecule has 1 aromatic rings. The number of rotatable bonds is 5. The van der Waals surface area contributed by atoms with Crippen molar-refractivity contribution in [2.75, 3.05) is 11.9 Å². The third-order valence-electron chi connectivity index (χ3n) is 2.90. The van der Waals surface area contributed by atoms with E-state index in [0.717, 1.165) is 24.1 Å². The highest BCUT2D eigenvalue weighted by molar-refractivity contribution is 5.93. The van der Waals surface area contributed by atoms with Crippen LogP contribution in [0.3, 0.4) is 0 Å². The number of nitrogens with zero attached hydrogens (tertiary/aromatic N) is 1. The molecule has 1 aromatic carbocycles. The Morgan fingerprint density at radius 3 is 2.65 bits per heavy atom. The van der Waals surface area contributed by atoms with Gasteiger partial charge >= 0.3 is 0 Å². The number of para-hydroxylation sites is 1. The molecular weight excluding hydrogens is 212 g/mol. The minimum atomic E-state index is 0.153. The molecule has 3 nitrogen and oxygen atoms in total. The summed E-state index contributed by atoms with van der Waals surface area (Å²) in [5, 5.41) is 0. The van der Waals surface area contributed by atoms with Crippen molar-refractivity contribution >= 4 is 11.6 Å². The van der Waals surface area contributed by atoms with Gasteiger partial charge in [0, 0.05) is 25.2 Å². The van der Waals surface area contributed by atoms with E-state index in [1.165, 1.54) is 0 Å². The van der Waals surface area contributed by atoms with Crippen molar-refractivity contribution < 1.29 is 4.79 Å². The first-order chi connectivity index (χ1) is 8.02. The molecule has 0 heterocycles. The number of anilines is 1. The fourth-order valence-electron chi connectivity index (χ4n) is 1.82. The van der Waals surface area contributed by atoms with Crippen LogP contribution in [0.2, 0.25) is 0 Å². The van der Waals surface area contributed by atoms with E-state index in [1.807, 2.05) is 45.2 Å². The van der Waals surface area contributed by atoms with Gasteiger partial charge in [0.1, 0.15) is 0 Å². The molecule has 94 valence electrons. The van der Waals surface area contributed by atoms with Crippen molar-refractivity contribution in [3.8, 4) is 0 Å². The summed E-state index contributed by atoms with van der Waals surface area (Å²) in [4.78, 5) is 13.7. The molecule has 0 saturated carbocycles. The van der Waals surface area contributed by atoms with E-state index in [9.17, 15) is 4.79 Å². The topological polar surface area (TPSA) is 46.3 Å². The van der Waals surface area contributed by atoms with Crippen LogP contribution in [0.5, 0.6) is 0 Å². The number of carbonyl (C=O) groups is 1. The number of hydrogen-bond donors (Lipinski definition) is 1. The monoisotopic (exact) mass is 234 g/mol. The maximum absolute atomic E-state index is 12.0. The van der Waals surface area contributed by atoms with Crippen molar-refractivity contribution in [1.29, 1.82) is 0 Å². The molecule has 1 unspecified atom stereocenters. The van der Waals surface area contributed by atoms with Gasteiger partial charge < -0.3 is 10.6 Å². The first-order valence-electron chi connectivity index (χ1n) is 6.10. The Balaban J connectivity index is 2.55. The molecule has 2 N–H and O–H groups in total. The molecule has 0 aliphatic rings. The second-order valence-electron chi connectivity index (χ2n) is 4.61. The maximum Gasteiger partial charge on any atom is 0.226 e. The lowest BCUT2D eigenvalue weighted by molar-refractivity contribution is -0.118. The molecule has 0 bridgehead atoms. The third kappa shape index (κ3) is 4.19. The minimum absolute atomic E-state index is 0.153. The summed E-state index contributed by atoms with van der Waals surface area (Å²) in [6.07, 6.45) is 2.31. The van der Waals surface area contributed by atoms with Crippen molar-refractivity contribution in [3.05, 3.63) is 29.8 Å². The highest BCUT2D eigenvalue weighted by atomic mass is 16.2. The Kier molecular flexibility index (Phi) is 5.16.